The van der Waals surface area contributed by atoms with Crippen molar-refractivity contribution in [1.29, 1.82) is 0 Å². The molecule has 1 spiro atoms. The predicted molar refractivity (Wildman–Crippen MR) is 145 cm³/mol. The fourth-order valence-corrected chi connectivity index (χ4v) is 6.03. The van der Waals surface area contributed by atoms with Crippen LogP contribution in [0.2, 0.25) is 5.02 Å². The number of benzene rings is 2. The highest BCUT2D eigenvalue weighted by molar-refractivity contribution is 6.30. The van der Waals surface area contributed by atoms with Crippen molar-refractivity contribution >= 4 is 59.3 Å². The third-order valence-corrected chi connectivity index (χ3v) is 7.74. The fourth-order valence-electron chi connectivity index (χ4n) is 5.84. The van der Waals surface area contributed by atoms with Gasteiger partial charge in [-0.2, -0.15) is 0 Å². The maximum absolute atomic E-state index is 6.20. The third kappa shape index (κ3) is 4.24. The van der Waals surface area contributed by atoms with E-state index in [0.717, 1.165) is 61.1 Å². The number of anilines is 4. The molecule has 1 atom stereocenters. The molecule has 0 radical (unpaired) electrons. The molecular formula is C26H30Cl3N5. The van der Waals surface area contributed by atoms with E-state index in [1.807, 2.05) is 18.2 Å². The number of hydrogen-bond donors (Lipinski definition) is 2. The van der Waals surface area contributed by atoms with Crippen LogP contribution in [0.5, 0.6) is 0 Å². The van der Waals surface area contributed by atoms with Gasteiger partial charge in [0.25, 0.3) is 0 Å². The normalized spacial score (nSPS) is 19.7. The summed E-state index contributed by atoms with van der Waals surface area (Å²) in [5.41, 5.74) is 7.57. The molecule has 1 unspecified atom stereocenters. The first-order chi connectivity index (χ1) is 15.6. The lowest BCUT2D eigenvalue weighted by molar-refractivity contribution is 0.329. The molecule has 2 aliphatic heterocycles. The van der Waals surface area contributed by atoms with Crippen molar-refractivity contribution in [2.75, 3.05) is 29.9 Å². The largest absolute Gasteiger partial charge is 0.355 e. The Hall–Kier alpha value is -2.05. The first-order valence-corrected chi connectivity index (χ1v) is 12.0. The molecule has 1 aliphatic carbocycles. The van der Waals surface area contributed by atoms with E-state index in [1.165, 1.54) is 28.9 Å². The van der Waals surface area contributed by atoms with E-state index in [0.29, 0.717) is 5.92 Å². The van der Waals surface area contributed by atoms with Crippen LogP contribution in [0, 0.1) is 0 Å². The van der Waals surface area contributed by atoms with Crippen LogP contribution < -0.4 is 15.5 Å². The number of fused-ring (bicyclic) bond motifs is 3. The summed E-state index contributed by atoms with van der Waals surface area (Å²) >= 11 is 6.20. The Labute approximate surface area is 218 Å². The summed E-state index contributed by atoms with van der Waals surface area (Å²) in [6.45, 7) is 5.41. The zero-order valence-corrected chi connectivity index (χ0v) is 21.6. The van der Waals surface area contributed by atoms with Gasteiger partial charge < -0.3 is 15.5 Å². The second kappa shape index (κ2) is 9.90. The van der Waals surface area contributed by atoms with Crippen molar-refractivity contribution in [3.05, 3.63) is 70.6 Å². The molecule has 2 N–H and O–H groups in total. The maximum Gasteiger partial charge on any atom is 0.140 e. The van der Waals surface area contributed by atoms with E-state index in [-0.39, 0.29) is 30.2 Å². The number of rotatable bonds is 3. The minimum Gasteiger partial charge on any atom is -0.355 e. The van der Waals surface area contributed by atoms with Gasteiger partial charge in [0.2, 0.25) is 0 Å². The average molecular weight is 519 g/mol. The highest BCUT2D eigenvalue weighted by Gasteiger charge is 2.45. The lowest BCUT2D eigenvalue weighted by Gasteiger charge is -2.35. The molecule has 5 nitrogen and oxygen atoms in total. The van der Waals surface area contributed by atoms with Crippen LogP contribution in [0.15, 0.2) is 48.8 Å². The van der Waals surface area contributed by atoms with Crippen molar-refractivity contribution in [2.45, 2.75) is 43.9 Å². The Morgan fingerprint density at radius 1 is 1.06 bits per heavy atom. The molecule has 6 rings (SSSR count). The summed E-state index contributed by atoms with van der Waals surface area (Å²) in [6.07, 6.45) is 6.26. The summed E-state index contributed by atoms with van der Waals surface area (Å²) < 4.78 is 0. The topological polar surface area (TPSA) is 53.1 Å². The summed E-state index contributed by atoms with van der Waals surface area (Å²) in [5.74, 6) is 1.63. The molecule has 3 aromatic rings. The Balaban J connectivity index is 0.00000137. The fraction of sp³-hybridized carbons (Fsp3) is 0.385. The summed E-state index contributed by atoms with van der Waals surface area (Å²) in [4.78, 5) is 11.9. The van der Waals surface area contributed by atoms with E-state index in [1.54, 1.807) is 6.33 Å². The van der Waals surface area contributed by atoms with Gasteiger partial charge in [0.1, 0.15) is 12.1 Å². The molecule has 0 amide bonds. The number of hydrogen-bond acceptors (Lipinski definition) is 5. The minimum atomic E-state index is 0. The third-order valence-electron chi connectivity index (χ3n) is 7.50. The first-order valence-electron chi connectivity index (χ1n) is 11.6. The molecule has 3 aliphatic rings. The average Bonchev–Trinajstić information content (AvgIpc) is 3.33. The lowest BCUT2D eigenvalue weighted by Crippen LogP contribution is -2.42. The predicted octanol–water partition coefficient (Wildman–Crippen LogP) is 6.54. The quantitative estimate of drug-likeness (QED) is 0.412. The monoisotopic (exact) mass is 517 g/mol. The molecule has 0 saturated carbocycles. The minimum absolute atomic E-state index is 0. The van der Waals surface area contributed by atoms with Gasteiger partial charge in [0.15, 0.2) is 0 Å². The zero-order valence-electron chi connectivity index (χ0n) is 19.2. The van der Waals surface area contributed by atoms with Gasteiger partial charge in [0.05, 0.1) is 0 Å². The van der Waals surface area contributed by atoms with Gasteiger partial charge in [-0.25, -0.2) is 9.97 Å². The number of aromatic nitrogens is 2. The molecule has 0 bridgehead atoms. The van der Waals surface area contributed by atoms with E-state index in [2.05, 4.69) is 51.7 Å². The molecule has 1 saturated heterocycles. The number of piperidine rings is 1. The summed E-state index contributed by atoms with van der Waals surface area (Å²) in [5, 5.41) is 7.85. The standard InChI is InChI=1S/C26H28ClN5.2ClH/c1-17-5-7-22-24(17)25(30-16-29-22)32-15-26(9-11-28-12-10-26)21-14-20(6-8-23(21)32)31-19-4-2-3-18(27)13-19;;/h2-4,6,8,13-14,16-17,28,31H,5,7,9-12,15H2,1H3;2*1H. The van der Waals surface area contributed by atoms with Crippen LogP contribution in [0.3, 0.4) is 0 Å². The Morgan fingerprint density at radius 3 is 2.65 bits per heavy atom. The lowest BCUT2D eigenvalue weighted by atomic mass is 9.74. The molecule has 34 heavy (non-hydrogen) atoms. The van der Waals surface area contributed by atoms with Crippen LogP contribution in [-0.2, 0) is 11.8 Å². The van der Waals surface area contributed by atoms with E-state index >= 15 is 0 Å². The zero-order chi connectivity index (χ0) is 21.7. The number of nitrogens with zero attached hydrogens (tertiary/aromatic N) is 3. The number of nitrogens with one attached hydrogen (secondary N) is 2. The molecular weight excluding hydrogens is 489 g/mol. The number of halogens is 3. The highest BCUT2D eigenvalue weighted by atomic mass is 35.5. The van der Waals surface area contributed by atoms with Gasteiger partial charge in [-0.15, -0.1) is 24.8 Å². The smallest absolute Gasteiger partial charge is 0.140 e. The molecule has 180 valence electrons. The van der Waals surface area contributed by atoms with Crippen LogP contribution in [0.25, 0.3) is 0 Å². The Kier molecular flexibility index (Phi) is 7.30. The molecule has 3 heterocycles. The Bertz CT molecular complexity index is 1180. The van der Waals surface area contributed by atoms with Gasteiger partial charge in [-0.1, -0.05) is 24.6 Å². The van der Waals surface area contributed by atoms with E-state index < -0.39 is 0 Å². The Morgan fingerprint density at radius 2 is 1.85 bits per heavy atom. The van der Waals surface area contributed by atoms with Crippen molar-refractivity contribution < 1.29 is 0 Å². The first kappa shape index (κ1) is 25.1. The van der Waals surface area contributed by atoms with Crippen molar-refractivity contribution in [1.82, 2.24) is 15.3 Å². The molecule has 8 heteroatoms. The summed E-state index contributed by atoms with van der Waals surface area (Å²) in [7, 11) is 0. The summed E-state index contributed by atoms with van der Waals surface area (Å²) in [6, 6.07) is 14.7. The van der Waals surface area contributed by atoms with Gasteiger partial charge in [0, 0.05) is 45.3 Å². The van der Waals surface area contributed by atoms with Crippen LogP contribution in [0.1, 0.15) is 48.9 Å². The molecule has 1 fully saturated rings. The molecule has 2 aromatic carbocycles. The SMILES string of the molecule is CC1CCc2ncnc(N3CC4(CCNCC4)c4cc(Nc5cccc(Cl)c5)ccc43)c21.Cl.Cl. The highest BCUT2D eigenvalue weighted by Crippen LogP contribution is 2.51. The van der Waals surface area contributed by atoms with E-state index in [9.17, 15) is 0 Å². The van der Waals surface area contributed by atoms with Crippen molar-refractivity contribution in [2.24, 2.45) is 0 Å². The van der Waals surface area contributed by atoms with Crippen LogP contribution >= 0.6 is 36.4 Å². The van der Waals surface area contributed by atoms with Crippen molar-refractivity contribution in [3.8, 4) is 0 Å². The van der Waals surface area contributed by atoms with Gasteiger partial charge >= 0.3 is 0 Å². The maximum atomic E-state index is 6.20. The second-order valence-electron chi connectivity index (χ2n) is 9.48. The van der Waals surface area contributed by atoms with Gasteiger partial charge in [-0.05, 0) is 86.7 Å². The van der Waals surface area contributed by atoms with Crippen LogP contribution in [0.4, 0.5) is 22.9 Å². The van der Waals surface area contributed by atoms with Crippen LogP contribution in [-0.4, -0.2) is 29.6 Å². The van der Waals surface area contributed by atoms with Gasteiger partial charge in [-0.3, -0.25) is 0 Å². The molecule has 1 aromatic heterocycles. The van der Waals surface area contributed by atoms with E-state index in [4.69, 9.17) is 16.6 Å². The second-order valence-corrected chi connectivity index (χ2v) is 9.92. The van der Waals surface area contributed by atoms with Crippen molar-refractivity contribution in [3.63, 3.8) is 0 Å². The number of aryl methyl sites for hydroxylation is 1.